The third-order valence-electron chi connectivity index (χ3n) is 4.20. The van der Waals surface area contributed by atoms with Crippen LogP contribution in [0.1, 0.15) is 26.4 Å². The molecule has 13 heteroatoms. The predicted octanol–water partition coefficient (Wildman–Crippen LogP) is -2.20. The van der Waals surface area contributed by atoms with Crippen LogP contribution in [0.25, 0.3) is 0 Å². The van der Waals surface area contributed by atoms with Gasteiger partial charge in [-0.1, -0.05) is 17.3 Å². The average Bonchev–Trinajstić information content (AvgIpc) is 3.14. The standard InChI is InChI=1S/C16H19BN6O6/c18-4-5-19-15(25)11-7-23(22-21-11)8-13(24)20-12-6-9-2-1-3-10(16(26)27)14(9)29-17(12)28/h1-3,7,12,28H,4-6,8,18H2,(H,19,25)(H,20,24)(H,26,27)/t12-/m0/s1. The van der Waals surface area contributed by atoms with Crippen LogP contribution in [0, 0.1) is 0 Å². The molecular formula is C16H19BN6O6. The fraction of sp³-hybridized carbons (Fsp3) is 0.312. The van der Waals surface area contributed by atoms with Gasteiger partial charge < -0.3 is 31.2 Å². The zero-order valence-electron chi connectivity index (χ0n) is 15.2. The molecule has 6 N–H and O–H groups in total. The maximum atomic E-state index is 12.3. The number of nitrogens with two attached hydrogens (primary N) is 1. The number of rotatable bonds is 7. The molecular weight excluding hydrogens is 383 g/mol. The molecule has 0 fully saturated rings. The second-order valence-corrected chi connectivity index (χ2v) is 6.33. The van der Waals surface area contributed by atoms with Crippen LogP contribution in [0.3, 0.4) is 0 Å². The molecule has 12 nitrogen and oxygen atoms in total. The normalized spacial score (nSPS) is 15.2. The van der Waals surface area contributed by atoms with Crippen LogP contribution in [0.2, 0.25) is 0 Å². The first-order valence-corrected chi connectivity index (χ1v) is 8.76. The van der Waals surface area contributed by atoms with Crippen LogP contribution in [-0.4, -0.2) is 69.1 Å². The minimum atomic E-state index is -1.42. The summed E-state index contributed by atoms with van der Waals surface area (Å²) >= 11 is 0. The Bertz CT molecular complexity index is 934. The van der Waals surface area contributed by atoms with Crippen LogP contribution in [0.15, 0.2) is 24.4 Å². The van der Waals surface area contributed by atoms with Crippen LogP contribution in [0.5, 0.6) is 5.75 Å². The van der Waals surface area contributed by atoms with E-state index in [1.807, 2.05) is 0 Å². The highest BCUT2D eigenvalue weighted by Gasteiger charge is 2.37. The van der Waals surface area contributed by atoms with Gasteiger partial charge in [0.15, 0.2) is 5.69 Å². The number of fused-ring (bicyclic) bond motifs is 1. The van der Waals surface area contributed by atoms with Gasteiger partial charge in [0.25, 0.3) is 5.91 Å². The lowest BCUT2D eigenvalue weighted by Crippen LogP contribution is -2.53. The molecule has 2 aromatic rings. The molecule has 29 heavy (non-hydrogen) atoms. The third kappa shape index (κ3) is 4.70. The van der Waals surface area contributed by atoms with E-state index in [1.54, 1.807) is 12.1 Å². The summed E-state index contributed by atoms with van der Waals surface area (Å²) in [7, 11) is -1.42. The maximum Gasteiger partial charge on any atom is 0.547 e. The Kier molecular flexibility index (Phi) is 6.09. The second kappa shape index (κ2) is 8.71. The Balaban J connectivity index is 1.62. The number of para-hydroxylation sites is 1. The Morgan fingerprint density at radius 3 is 2.90 bits per heavy atom. The molecule has 1 aliphatic rings. The van der Waals surface area contributed by atoms with E-state index in [-0.39, 0.29) is 43.1 Å². The van der Waals surface area contributed by atoms with E-state index in [4.69, 9.17) is 10.4 Å². The number of benzene rings is 1. The van der Waals surface area contributed by atoms with Crippen molar-refractivity contribution in [2.45, 2.75) is 18.9 Å². The Morgan fingerprint density at radius 1 is 1.38 bits per heavy atom. The lowest BCUT2D eigenvalue weighted by molar-refractivity contribution is -0.122. The lowest BCUT2D eigenvalue weighted by Gasteiger charge is -2.28. The first kappa shape index (κ1) is 20.3. The van der Waals surface area contributed by atoms with Crippen molar-refractivity contribution in [2.75, 3.05) is 13.1 Å². The SMILES string of the molecule is NCCNC(=O)c1cn(CC(=O)N[C@H]2Cc3cccc(C(=O)O)c3OB2O)nn1. The number of nitrogens with zero attached hydrogens (tertiary/aromatic N) is 3. The van der Waals surface area contributed by atoms with Crippen LogP contribution >= 0.6 is 0 Å². The number of aromatic carboxylic acids is 1. The summed E-state index contributed by atoms with van der Waals surface area (Å²) in [5.74, 6) is -2.82. The van der Waals surface area contributed by atoms with Gasteiger partial charge >= 0.3 is 13.1 Å². The van der Waals surface area contributed by atoms with E-state index in [1.165, 1.54) is 16.9 Å². The van der Waals surface area contributed by atoms with Crippen LogP contribution in [0.4, 0.5) is 0 Å². The van der Waals surface area contributed by atoms with E-state index in [2.05, 4.69) is 20.9 Å². The number of carbonyl (C=O) groups excluding carboxylic acids is 2. The highest BCUT2D eigenvalue weighted by Crippen LogP contribution is 2.30. The lowest BCUT2D eigenvalue weighted by atomic mass is 9.72. The first-order chi connectivity index (χ1) is 13.9. The summed E-state index contributed by atoms with van der Waals surface area (Å²) < 4.78 is 6.50. The molecule has 152 valence electrons. The van der Waals surface area contributed by atoms with Crippen molar-refractivity contribution in [3.63, 3.8) is 0 Å². The average molecular weight is 402 g/mol. The molecule has 1 aliphatic heterocycles. The van der Waals surface area contributed by atoms with Gasteiger partial charge in [0, 0.05) is 13.1 Å². The van der Waals surface area contributed by atoms with Crippen molar-refractivity contribution in [1.82, 2.24) is 25.6 Å². The van der Waals surface area contributed by atoms with Gasteiger partial charge in [-0.05, 0) is 18.1 Å². The number of amides is 2. The molecule has 0 saturated heterocycles. The monoisotopic (exact) mass is 402 g/mol. The zero-order valence-corrected chi connectivity index (χ0v) is 15.2. The number of aromatic nitrogens is 3. The second-order valence-electron chi connectivity index (χ2n) is 6.33. The van der Waals surface area contributed by atoms with Gasteiger partial charge in [-0.2, -0.15) is 0 Å². The third-order valence-corrected chi connectivity index (χ3v) is 4.20. The van der Waals surface area contributed by atoms with Gasteiger partial charge in [0.1, 0.15) is 12.3 Å². The molecule has 3 rings (SSSR count). The van der Waals surface area contributed by atoms with Gasteiger partial charge in [-0.25, -0.2) is 9.48 Å². The fourth-order valence-electron chi connectivity index (χ4n) is 2.87. The number of hydrogen-bond acceptors (Lipinski definition) is 8. The fourth-order valence-corrected chi connectivity index (χ4v) is 2.87. The number of hydrogen-bond donors (Lipinski definition) is 5. The van der Waals surface area contributed by atoms with Crippen molar-refractivity contribution in [3.05, 3.63) is 41.2 Å². The summed E-state index contributed by atoms with van der Waals surface area (Å²) in [4.78, 5) is 35.3. The quantitative estimate of drug-likeness (QED) is 0.321. The van der Waals surface area contributed by atoms with E-state index < -0.39 is 30.8 Å². The molecule has 0 saturated carbocycles. The number of carboxylic acids is 1. The molecule has 0 spiro atoms. The largest absolute Gasteiger partial charge is 0.547 e. The van der Waals surface area contributed by atoms with Gasteiger partial charge in [0.05, 0.1) is 17.7 Å². The van der Waals surface area contributed by atoms with Crippen LogP contribution < -0.4 is 21.0 Å². The first-order valence-electron chi connectivity index (χ1n) is 8.76. The van der Waals surface area contributed by atoms with E-state index in [0.717, 1.165) is 0 Å². The predicted molar refractivity (Wildman–Crippen MR) is 99.0 cm³/mol. The number of nitrogens with one attached hydrogen (secondary N) is 2. The minimum absolute atomic E-state index is 0.0439. The zero-order chi connectivity index (χ0) is 21.0. The summed E-state index contributed by atoms with van der Waals surface area (Å²) in [5, 5.41) is 31.9. The maximum absolute atomic E-state index is 12.3. The molecule has 0 radical (unpaired) electrons. The molecule has 1 aromatic heterocycles. The summed E-state index contributed by atoms with van der Waals surface area (Å²) in [6, 6.07) is 4.60. The van der Waals surface area contributed by atoms with E-state index >= 15 is 0 Å². The molecule has 2 amide bonds. The number of carboxylic acid groups (broad SMARTS) is 1. The summed E-state index contributed by atoms with van der Waals surface area (Å²) in [6.07, 6.45) is 1.50. The van der Waals surface area contributed by atoms with Gasteiger partial charge in [-0.15, -0.1) is 5.10 Å². The molecule has 2 heterocycles. The van der Waals surface area contributed by atoms with Crippen molar-refractivity contribution in [1.29, 1.82) is 0 Å². The Morgan fingerprint density at radius 2 is 2.17 bits per heavy atom. The Labute approximate surface area is 165 Å². The molecule has 0 unspecified atom stereocenters. The highest BCUT2D eigenvalue weighted by atomic mass is 16.5. The van der Waals surface area contributed by atoms with Crippen molar-refractivity contribution < 1.29 is 29.2 Å². The summed E-state index contributed by atoms with van der Waals surface area (Å²) in [5.41, 5.74) is 5.85. The molecule has 0 bridgehead atoms. The minimum Gasteiger partial charge on any atom is -0.534 e. The van der Waals surface area contributed by atoms with Crippen molar-refractivity contribution in [2.24, 2.45) is 5.73 Å². The Hall–Kier alpha value is -3.45. The van der Waals surface area contributed by atoms with Crippen molar-refractivity contribution >= 4 is 24.9 Å². The van der Waals surface area contributed by atoms with E-state index in [9.17, 15) is 24.5 Å². The highest BCUT2D eigenvalue weighted by molar-refractivity contribution is 6.47. The molecule has 1 atom stereocenters. The van der Waals surface area contributed by atoms with E-state index in [0.29, 0.717) is 5.56 Å². The van der Waals surface area contributed by atoms with Crippen LogP contribution in [-0.2, 0) is 17.8 Å². The molecule has 1 aromatic carbocycles. The van der Waals surface area contributed by atoms with Gasteiger partial charge in [-0.3, -0.25) is 9.59 Å². The smallest absolute Gasteiger partial charge is 0.534 e. The summed E-state index contributed by atoms with van der Waals surface area (Å²) in [6.45, 7) is 0.338. The van der Waals surface area contributed by atoms with Crippen molar-refractivity contribution in [3.8, 4) is 5.75 Å². The van der Waals surface area contributed by atoms with Gasteiger partial charge in [0.2, 0.25) is 5.91 Å². The molecule has 0 aliphatic carbocycles. The topological polar surface area (TPSA) is 182 Å². The number of carbonyl (C=O) groups is 3.